The van der Waals surface area contributed by atoms with Gasteiger partial charge in [-0.25, -0.2) is 41.7 Å². The van der Waals surface area contributed by atoms with Gasteiger partial charge in [0, 0.05) is 23.6 Å². The number of fused-ring (bicyclic) bond motifs is 1. The number of benzene rings is 3. The van der Waals surface area contributed by atoms with Crippen LogP contribution in [0.3, 0.4) is 0 Å². The van der Waals surface area contributed by atoms with Crippen LogP contribution in [0.15, 0.2) is 71.5 Å². The normalized spacial score (nSPS) is 11.3. The average molecular weight is 621 g/mol. The first-order valence-corrected chi connectivity index (χ1v) is 13.4. The summed E-state index contributed by atoms with van der Waals surface area (Å²) in [5, 5.41) is 9.41. The largest absolute Gasteiger partial charge is 0.478 e. The lowest BCUT2D eigenvalue weighted by molar-refractivity contribution is 0.0696. The summed E-state index contributed by atoms with van der Waals surface area (Å²) in [7, 11) is 0. The van der Waals surface area contributed by atoms with Gasteiger partial charge in [0.05, 0.1) is 23.0 Å². The molecule has 0 radical (unpaired) electrons. The molecule has 0 spiro atoms. The fraction of sp³-hybridized carbons (Fsp3) is 0.125. The van der Waals surface area contributed by atoms with E-state index in [0.29, 0.717) is 0 Å². The number of carbonyl (C=O) groups is 1. The smallest absolute Gasteiger partial charge is 0.335 e. The number of carboxylic acids is 1. The van der Waals surface area contributed by atoms with Crippen molar-refractivity contribution in [3.05, 3.63) is 130 Å². The van der Waals surface area contributed by atoms with E-state index in [1.807, 2.05) is 0 Å². The minimum atomic E-state index is -1.36. The molecule has 0 bridgehead atoms. The molecule has 0 aliphatic rings. The van der Waals surface area contributed by atoms with E-state index in [2.05, 4.69) is 15.0 Å². The van der Waals surface area contributed by atoms with Crippen LogP contribution in [-0.2, 0) is 19.6 Å². The summed E-state index contributed by atoms with van der Waals surface area (Å²) in [6.45, 7) is 0.996. The summed E-state index contributed by atoms with van der Waals surface area (Å²) < 4.78 is 86.1. The van der Waals surface area contributed by atoms with Gasteiger partial charge < -0.3 is 18.8 Å². The van der Waals surface area contributed by atoms with E-state index in [1.54, 1.807) is 0 Å². The molecule has 0 amide bonds. The number of carboxylic acid groups (broad SMARTS) is 1. The topological polar surface area (TPSA) is 103 Å². The highest BCUT2D eigenvalue weighted by Crippen LogP contribution is 2.29. The number of aromatic carboxylic acids is 1. The molecule has 0 fully saturated rings. The monoisotopic (exact) mass is 620 g/mol. The fourth-order valence-electron chi connectivity index (χ4n) is 4.82. The summed E-state index contributed by atoms with van der Waals surface area (Å²) in [4.78, 5) is 24.1. The van der Waals surface area contributed by atoms with Crippen LogP contribution >= 0.6 is 0 Å². The third-order valence-corrected chi connectivity index (χ3v) is 7.10. The van der Waals surface area contributed by atoms with Crippen LogP contribution < -0.4 is 4.74 Å². The lowest BCUT2D eigenvalue weighted by Crippen LogP contribution is -2.08. The van der Waals surface area contributed by atoms with E-state index < -0.39 is 35.1 Å². The molecule has 8 nitrogen and oxygen atoms in total. The Morgan fingerprint density at radius 3 is 2.44 bits per heavy atom. The minimum Gasteiger partial charge on any atom is -0.478 e. The van der Waals surface area contributed by atoms with Gasteiger partial charge in [-0.15, -0.1) is 0 Å². The maximum Gasteiger partial charge on any atom is 0.335 e. The molecule has 0 saturated carbocycles. The van der Waals surface area contributed by atoms with Crippen molar-refractivity contribution < 1.29 is 41.0 Å². The Hall–Kier alpha value is -5.59. The molecular formula is C32H21F5N4O4. The highest BCUT2D eigenvalue weighted by atomic mass is 19.1. The third kappa shape index (κ3) is 5.96. The first-order valence-electron chi connectivity index (χ1n) is 13.4. The Morgan fingerprint density at radius 2 is 1.69 bits per heavy atom. The zero-order valence-corrected chi connectivity index (χ0v) is 23.3. The van der Waals surface area contributed by atoms with Gasteiger partial charge in [-0.3, -0.25) is 0 Å². The average Bonchev–Trinajstić information content (AvgIpc) is 3.65. The summed E-state index contributed by atoms with van der Waals surface area (Å²) in [6.07, 6.45) is 2.41. The van der Waals surface area contributed by atoms with E-state index in [9.17, 15) is 23.1 Å². The summed E-state index contributed by atoms with van der Waals surface area (Å²) in [5.41, 5.74) is -0.575. The number of aryl methyl sites for hydroxylation is 1. The summed E-state index contributed by atoms with van der Waals surface area (Å²) in [5.74, 6) is -4.90. The Kier molecular flexibility index (Phi) is 7.75. The minimum absolute atomic E-state index is 0.0189. The van der Waals surface area contributed by atoms with Crippen molar-refractivity contribution in [2.24, 2.45) is 0 Å². The molecule has 0 saturated heterocycles. The molecule has 6 aromatic rings. The second-order valence-electron chi connectivity index (χ2n) is 10.1. The lowest BCUT2D eigenvalue weighted by atomic mass is 10.0. The van der Waals surface area contributed by atoms with Crippen molar-refractivity contribution >= 4 is 17.0 Å². The molecule has 3 aromatic carbocycles. The highest BCUT2D eigenvalue weighted by Gasteiger charge is 2.21. The van der Waals surface area contributed by atoms with Crippen molar-refractivity contribution in [1.29, 1.82) is 0 Å². The standard InChI is InChI=1S/C32H21F5N4O4/c1-16-7-22(34)19(10-21(16)33)15-45-29-4-2-3-26(39-29)20-13-23(35)17(8-24(20)36)12-28-40-31-25(37)9-18(32(42)43)11-27(31)41(28)14-30-38-5-6-44-30/h2-11,13H,12,14-15H2,1H3,(H,42,43). The molecule has 1 N–H and O–H groups in total. The van der Waals surface area contributed by atoms with Crippen LogP contribution in [-0.4, -0.2) is 30.6 Å². The van der Waals surface area contributed by atoms with Gasteiger partial charge in [0.15, 0.2) is 5.82 Å². The number of hydrogen-bond donors (Lipinski definition) is 1. The maximum absolute atomic E-state index is 15.5. The first-order chi connectivity index (χ1) is 21.6. The molecule has 0 aliphatic heterocycles. The first kappa shape index (κ1) is 29.5. The number of aromatic nitrogens is 4. The van der Waals surface area contributed by atoms with E-state index >= 15 is 8.78 Å². The molecule has 3 aromatic heterocycles. The van der Waals surface area contributed by atoms with Gasteiger partial charge >= 0.3 is 5.97 Å². The number of rotatable bonds is 9. The van der Waals surface area contributed by atoms with Crippen LogP contribution in [0, 0.1) is 36.0 Å². The quantitative estimate of drug-likeness (QED) is 0.174. The number of pyridine rings is 1. The van der Waals surface area contributed by atoms with Crippen LogP contribution in [0.1, 0.15) is 38.8 Å². The lowest BCUT2D eigenvalue weighted by Gasteiger charge is -2.11. The van der Waals surface area contributed by atoms with E-state index in [0.717, 1.165) is 30.3 Å². The second kappa shape index (κ2) is 11.8. The number of imidazole rings is 1. The Labute approximate surface area is 251 Å². The second-order valence-corrected chi connectivity index (χ2v) is 10.1. The SMILES string of the molecule is Cc1cc(F)c(COc2cccc(-c3cc(F)c(Cc4nc5c(F)cc(C(=O)O)cc5n4Cc4ncco4)cc3F)n2)cc1F. The summed E-state index contributed by atoms with van der Waals surface area (Å²) in [6, 6.07) is 10.4. The van der Waals surface area contributed by atoms with Crippen molar-refractivity contribution in [2.45, 2.75) is 26.5 Å². The molecule has 45 heavy (non-hydrogen) atoms. The molecule has 6 rings (SSSR count). The molecule has 3 heterocycles. The predicted octanol–water partition coefficient (Wildman–Crippen LogP) is 7.01. The highest BCUT2D eigenvalue weighted by molar-refractivity contribution is 5.92. The molecule has 0 atom stereocenters. The van der Waals surface area contributed by atoms with Gasteiger partial charge in [0.2, 0.25) is 11.8 Å². The van der Waals surface area contributed by atoms with E-state index in [1.165, 1.54) is 48.2 Å². The molecule has 228 valence electrons. The van der Waals surface area contributed by atoms with Gasteiger partial charge in [0.1, 0.15) is 54.0 Å². The molecule has 0 aliphatic carbocycles. The number of oxazole rings is 1. The van der Waals surface area contributed by atoms with Crippen molar-refractivity contribution in [2.75, 3.05) is 0 Å². The zero-order chi connectivity index (χ0) is 31.8. The van der Waals surface area contributed by atoms with Crippen LogP contribution in [0.5, 0.6) is 5.88 Å². The fourth-order valence-corrected chi connectivity index (χ4v) is 4.82. The third-order valence-electron chi connectivity index (χ3n) is 7.10. The predicted molar refractivity (Wildman–Crippen MR) is 150 cm³/mol. The Bertz CT molecular complexity index is 2080. The van der Waals surface area contributed by atoms with Crippen molar-refractivity contribution in [1.82, 2.24) is 19.5 Å². The number of halogens is 5. The van der Waals surface area contributed by atoms with E-state index in [4.69, 9.17) is 9.15 Å². The zero-order valence-electron chi connectivity index (χ0n) is 23.3. The van der Waals surface area contributed by atoms with Gasteiger partial charge in [-0.05, 0) is 60.5 Å². The van der Waals surface area contributed by atoms with Gasteiger partial charge in [-0.1, -0.05) is 6.07 Å². The summed E-state index contributed by atoms with van der Waals surface area (Å²) >= 11 is 0. The van der Waals surface area contributed by atoms with Gasteiger partial charge in [0.25, 0.3) is 0 Å². The van der Waals surface area contributed by atoms with Crippen molar-refractivity contribution in [3.8, 4) is 17.1 Å². The van der Waals surface area contributed by atoms with Crippen LogP contribution in [0.2, 0.25) is 0 Å². The maximum atomic E-state index is 15.5. The number of ether oxygens (including phenoxy) is 1. The van der Waals surface area contributed by atoms with Gasteiger partial charge in [-0.2, -0.15) is 0 Å². The number of nitrogens with zero attached hydrogens (tertiary/aromatic N) is 4. The molecular weight excluding hydrogens is 599 g/mol. The number of hydrogen-bond acceptors (Lipinski definition) is 6. The van der Waals surface area contributed by atoms with Crippen molar-refractivity contribution in [3.63, 3.8) is 0 Å². The molecule has 13 heteroatoms. The molecule has 0 unspecified atom stereocenters. The Balaban J connectivity index is 1.30. The van der Waals surface area contributed by atoms with E-state index in [-0.39, 0.29) is 81.7 Å². The van der Waals surface area contributed by atoms with Crippen LogP contribution in [0.25, 0.3) is 22.3 Å². The van der Waals surface area contributed by atoms with Crippen LogP contribution in [0.4, 0.5) is 22.0 Å². The Morgan fingerprint density at radius 1 is 0.911 bits per heavy atom.